The number of amides is 1. The maximum absolute atomic E-state index is 11.8. The zero-order chi connectivity index (χ0) is 14.0. The van der Waals surface area contributed by atoms with Gasteiger partial charge in [-0.2, -0.15) is 0 Å². The smallest absolute Gasteiger partial charge is 0.224 e. The summed E-state index contributed by atoms with van der Waals surface area (Å²) in [7, 11) is 0. The highest BCUT2D eigenvalue weighted by Crippen LogP contribution is 2.24. The van der Waals surface area contributed by atoms with E-state index in [9.17, 15) is 4.79 Å². The Kier molecular flexibility index (Phi) is 3.66. The number of nitrogens with zero attached hydrogens (tertiary/aromatic N) is 1. The molecule has 1 aliphatic heterocycles. The molecule has 1 amide bonds. The minimum atomic E-state index is 0.0846. The molecular formula is C17H21NO. The highest BCUT2D eigenvalue weighted by Gasteiger charge is 2.28. The molecule has 1 fully saturated rings. The molecule has 1 atom stereocenters. The Hall–Kier alpha value is -1.75. The maximum atomic E-state index is 11.8. The Bertz CT molecular complexity index is 502. The van der Waals surface area contributed by atoms with Crippen LogP contribution in [0.4, 0.5) is 0 Å². The van der Waals surface area contributed by atoms with Crippen LogP contribution >= 0.6 is 0 Å². The van der Waals surface area contributed by atoms with Crippen molar-refractivity contribution in [2.45, 2.75) is 39.2 Å². The Morgan fingerprint density at radius 2 is 1.95 bits per heavy atom. The number of carbonyl (C=O) groups excluding carboxylic acids is 1. The van der Waals surface area contributed by atoms with Gasteiger partial charge in [-0.3, -0.25) is 4.79 Å². The van der Waals surface area contributed by atoms with E-state index in [0.717, 1.165) is 0 Å². The van der Waals surface area contributed by atoms with Gasteiger partial charge in [-0.15, -0.1) is 12.3 Å². The van der Waals surface area contributed by atoms with Crippen molar-refractivity contribution >= 4 is 5.91 Å². The van der Waals surface area contributed by atoms with Crippen molar-refractivity contribution in [3.63, 3.8) is 0 Å². The fraction of sp³-hybridized carbons (Fsp3) is 0.471. The van der Waals surface area contributed by atoms with E-state index in [1.807, 2.05) is 4.90 Å². The summed E-state index contributed by atoms with van der Waals surface area (Å²) >= 11 is 0. The highest BCUT2D eigenvalue weighted by atomic mass is 16.2. The van der Waals surface area contributed by atoms with E-state index in [1.165, 1.54) is 11.1 Å². The molecule has 2 rings (SSSR count). The van der Waals surface area contributed by atoms with Gasteiger partial charge in [0.05, 0.1) is 0 Å². The summed E-state index contributed by atoms with van der Waals surface area (Å²) in [6.07, 6.45) is 5.89. The van der Waals surface area contributed by atoms with Gasteiger partial charge in [0.25, 0.3) is 0 Å². The average Bonchev–Trinajstić information content (AvgIpc) is 2.70. The number of terminal acetylenes is 1. The molecule has 2 heteroatoms. The number of hydrogen-bond acceptors (Lipinski definition) is 1. The topological polar surface area (TPSA) is 20.3 Å². The van der Waals surface area contributed by atoms with Crippen molar-refractivity contribution in [2.24, 2.45) is 5.92 Å². The van der Waals surface area contributed by atoms with E-state index in [1.54, 1.807) is 0 Å². The van der Waals surface area contributed by atoms with Gasteiger partial charge in [0.1, 0.15) is 0 Å². The fourth-order valence-electron chi connectivity index (χ4n) is 2.37. The van der Waals surface area contributed by atoms with E-state index < -0.39 is 0 Å². The summed E-state index contributed by atoms with van der Waals surface area (Å²) < 4.78 is 0. The second-order valence-corrected chi connectivity index (χ2v) is 6.29. The average molecular weight is 255 g/mol. The molecular weight excluding hydrogens is 234 g/mol. The molecule has 0 N–H and O–H groups in total. The quantitative estimate of drug-likeness (QED) is 0.744. The van der Waals surface area contributed by atoms with E-state index in [2.05, 4.69) is 51.0 Å². The van der Waals surface area contributed by atoms with Crippen LogP contribution in [0.2, 0.25) is 0 Å². The first kappa shape index (κ1) is 13.7. The normalized spacial score (nSPS) is 19.6. The Labute approximate surface area is 115 Å². The molecule has 1 aromatic rings. The largest absolute Gasteiger partial charge is 0.337 e. The second-order valence-electron chi connectivity index (χ2n) is 6.29. The summed E-state index contributed by atoms with van der Waals surface area (Å²) in [6, 6.07) is 8.51. The molecule has 19 heavy (non-hydrogen) atoms. The first-order chi connectivity index (χ1) is 8.90. The van der Waals surface area contributed by atoms with Crippen molar-refractivity contribution in [2.75, 3.05) is 6.54 Å². The summed E-state index contributed by atoms with van der Waals surface area (Å²) in [4.78, 5) is 13.7. The molecule has 0 radical (unpaired) electrons. The van der Waals surface area contributed by atoms with Gasteiger partial charge < -0.3 is 4.90 Å². The molecule has 2 nitrogen and oxygen atoms in total. The minimum Gasteiger partial charge on any atom is -0.337 e. The van der Waals surface area contributed by atoms with Gasteiger partial charge in [-0.05, 0) is 16.5 Å². The second kappa shape index (κ2) is 5.09. The van der Waals surface area contributed by atoms with Crippen LogP contribution in [0.1, 0.15) is 38.3 Å². The molecule has 100 valence electrons. The Morgan fingerprint density at radius 1 is 1.32 bits per heavy atom. The van der Waals surface area contributed by atoms with Gasteiger partial charge in [0, 0.05) is 25.4 Å². The molecule has 1 aliphatic rings. The monoisotopic (exact) mass is 255 g/mol. The lowest BCUT2D eigenvalue weighted by molar-refractivity contribution is -0.128. The lowest BCUT2D eigenvalue weighted by Crippen LogP contribution is -2.24. The number of likely N-dealkylation sites (tertiary alicyclic amines) is 1. The standard InChI is InChI=1S/C17H21NO/c1-5-13-10-16(19)18(11-13)12-14-6-8-15(9-7-14)17(2,3)4/h1,6-9,13H,10-12H2,2-4H3. The summed E-state index contributed by atoms with van der Waals surface area (Å²) in [5.74, 6) is 2.93. The maximum Gasteiger partial charge on any atom is 0.224 e. The number of benzene rings is 1. The van der Waals surface area contributed by atoms with Crippen LogP contribution in [0, 0.1) is 18.3 Å². The third kappa shape index (κ3) is 3.17. The zero-order valence-electron chi connectivity index (χ0n) is 11.9. The lowest BCUT2D eigenvalue weighted by atomic mass is 9.87. The lowest BCUT2D eigenvalue weighted by Gasteiger charge is -2.20. The van der Waals surface area contributed by atoms with Crippen LogP contribution in [0.25, 0.3) is 0 Å². The first-order valence-corrected chi connectivity index (χ1v) is 6.73. The number of carbonyl (C=O) groups is 1. The van der Waals surface area contributed by atoms with Crippen molar-refractivity contribution in [3.8, 4) is 12.3 Å². The zero-order valence-corrected chi connectivity index (χ0v) is 11.9. The van der Waals surface area contributed by atoms with E-state index in [-0.39, 0.29) is 17.2 Å². The van der Waals surface area contributed by atoms with Gasteiger partial charge in [-0.1, -0.05) is 45.0 Å². The van der Waals surface area contributed by atoms with Gasteiger partial charge in [0.2, 0.25) is 5.91 Å². The van der Waals surface area contributed by atoms with Crippen molar-refractivity contribution in [1.29, 1.82) is 0 Å². The Morgan fingerprint density at radius 3 is 2.42 bits per heavy atom. The molecule has 1 saturated heterocycles. The van der Waals surface area contributed by atoms with E-state index >= 15 is 0 Å². The molecule has 0 aliphatic carbocycles. The van der Waals surface area contributed by atoms with Crippen LogP contribution in [-0.4, -0.2) is 17.4 Å². The van der Waals surface area contributed by atoms with Crippen molar-refractivity contribution in [1.82, 2.24) is 4.90 Å². The minimum absolute atomic E-state index is 0.0846. The van der Waals surface area contributed by atoms with Crippen molar-refractivity contribution in [3.05, 3.63) is 35.4 Å². The summed E-state index contributed by atoms with van der Waals surface area (Å²) in [5.41, 5.74) is 2.64. The molecule has 0 spiro atoms. The number of rotatable bonds is 2. The van der Waals surface area contributed by atoms with E-state index in [4.69, 9.17) is 6.42 Å². The van der Waals surface area contributed by atoms with Crippen LogP contribution in [-0.2, 0) is 16.8 Å². The molecule has 0 bridgehead atoms. The van der Waals surface area contributed by atoms with E-state index in [0.29, 0.717) is 19.5 Å². The predicted octanol–water partition coefficient (Wildman–Crippen LogP) is 2.97. The van der Waals surface area contributed by atoms with Crippen LogP contribution < -0.4 is 0 Å². The highest BCUT2D eigenvalue weighted by molar-refractivity contribution is 5.79. The molecule has 0 saturated carbocycles. The van der Waals surface area contributed by atoms with Crippen LogP contribution in [0.5, 0.6) is 0 Å². The molecule has 1 unspecified atom stereocenters. The van der Waals surface area contributed by atoms with Crippen molar-refractivity contribution < 1.29 is 4.79 Å². The fourth-order valence-corrected chi connectivity index (χ4v) is 2.37. The van der Waals surface area contributed by atoms with Crippen LogP contribution in [0.15, 0.2) is 24.3 Å². The number of hydrogen-bond donors (Lipinski definition) is 0. The van der Waals surface area contributed by atoms with Gasteiger partial charge in [-0.25, -0.2) is 0 Å². The van der Waals surface area contributed by atoms with Gasteiger partial charge >= 0.3 is 0 Å². The Balaban J connectivity index is 2.05. The third-order valence-corrected chi connectivity index (χ3v) is 3.64. The first-order valence-electron chi connectivity index (χ1n) is 6.73. The summed E-state index contributed by atoms with van der Waals surface area (Å²) in [6.45, 7) is 7.95. The van der Waals surface area contributed by atoms with Gasteiger partial charge in [0.15, 0.2) is 0 Å². The molecule has 0 aromatic heterocycles. The predicted molar refractivity (Wildman–Crippen MR) is 77.5 cm³/mol. The SMILES string of the molecule is C#CC1CC(=O)N(Cc2ccc(C(C)(C)C)cc2)C1. The molecule has 1 heterocycles. The summed E-state index contributed by atoms with van der Waals surface area (Å²) in [5, 5.41) is 0. The van der Waals surface area contributed by atoms with Crippen LogP contribution in [0.3, 0.4) is 0 Å². The molecule has 1 aromatic carbocycles. The third-order valence-electron chi connectivity index (χ3n) is 3.64.